The molecule has 0 atom stereocenters. The molecule has 0 bridgehead atoms. The van der Waals surface area contributed by atoms with Crippen LogP contribution in [0, 0.1) is 0 Å². The Bertz CT molecular complexity index is 955. The molecule has 0 spiro atoms. The second-order valence-electron chi connectivity index (χ2n) is 6.27. The number of alkyl halides is 3. The maximum atomic E-state index is 12.8. The predicted octanol–water partition coefficient (Wildman–Crippen LogP) is 4.59. The van der Waals surface area contributed by atoms with Gasteiger partial charge in [0.25, 0.3) is 10.0 Å². The number of hydrogen-bond donors (Lipinski definition) is 2. The van der Waals surface area contributed by atoms with E-state index >= 15 is 0 Å². The zero-order valence-corrected chi connectivity index (χ0v) is 15.7. The molecule has 2 rings (SSSR count). The van der Waals surface area contributed by atoms with Crippen molar-refractivity contribution < 1.29 is 26.4 Å². The fourth-order valence-electron chi connectivity index (χ4n) is 2.49. The summed E-state index contributed by atoms with van der Waals surface area (Å²) in [4.78, 5) is 11.1. The summed E-state index contributed by atoms with van der Waals surface area (Å²) in [6.45, 7) is 4.88. The molecule has 0 aliphatic rings. The van der Waals surface area contributed by atoms with Crippen LogP contribution in [0.2, 0.25) is 0 Å². The summed E-state index contributed by atoms with van der Waals surface area (Å²) in [7, 11) is -4.13. The minimum Gasteiger partial charge on any atom is -0.326 e. The van der Waals surface area contributed by atoms with Crippen LogP contribution in [0.5, 0.6) is 0 Å². The van der Waals surface area contributed by atoms with Crippen molar-refractivity contribution in [2.75, 3.05) is 10.0 Å². The monoisotopic (exact) mass is 400 g/mol. The van der Waals surface area contributed by atoms with E-state index in [1.165, 1.54) is 31.2 Å². The first kappa shape index (κ1) is 20.8. The largest absolute Gasteiger partial charge is 0.416 e. The molecule has 27 heavy (non-hydrogen) atoms. The third-order valence-electron chi connectivity index (χ3n) is 3.68. The molecule has 0 aliphatic carbocycles. The van der Waals surface area contributed by atoms with E-state index in [9.17, 15) is 26.4 Å². The number of amides is 1. The lowest BCUT2D eigenvalue weighted by molar-refractivity contribution is -0.137. The van der Waals surface area contributed by atoms with Gasteiger partial charge in [-0.15, -0.1) is 0 Å². The summed E-state index contributed by atoms with van der Waals surface area (Å²) in [6, 6.07) is 8.24. The first-order valence-electron chi connectivity index (χ1n) is 8.02. The molecule has 9 heteroatoms. The van der Waals surface area contributed by atoms with Gasteiger partial charge in [-0.05, 0) is 47.9 Å². The van der Waals surface area contributed by atoms with E-state index in [4.69, 9.17) is 0 Å². The van der Waals surface area contributed by atoms with Gasteiger partial charge in [0.15, 0.2) is 0 Å². The number of anilines is 2. The molecular weight excluding hydrogens is 381 g/mol. The van der Waals surface area contributed by atoms with E-state index in [2.05, 4.69) is 10.0 Å². The molecule has 0 heterocycles. The number of carbonyl (C=O) groups is 1. The third kappa shape index (κ3) is 5.22. The Kier molecular flexibility index (Phi) is 5.84. The van der Waals surface area contributed by atoms with Crippen molar-refractivity contribution in [2.45, 2.75) is 37.8 Å². The smallest absolute Gasteiger partial charge is 0.326 e. The van der Waals surface area contributed by atoms with Gasteiger partial charge in [-0.3, -0.25) is 9.52 Å². The van der Waals surface area contributed by atoms with E-state index in [0.717, 1.165) is 18.2 Å². The number of rotatable bonds is 5. The number of sulfonamides is 1. The average Bonchev–Trinajstić information content (AvgIpc) is 2.53. The molecule has 2 N–H and O–H groups in total. The second kappa shape index (κ2) is 7.59. The minimum atomic E-state index is -4.58. The predicted molar refractivity (Wildman–Crippen MR) is 97.1 cm³/mol. The van der Waals surface area contributed by atoms with E-state index in [1.54, 1.807) is 13.8 Å². The second-order valence-corrected chi connectivity index (χ2v) is 7.92. The van der Waals surface area contributed by atoms with Crippen LogP contribution in [-0.4, -0.2) is 14.3 Å². The Hall–Kier alpha value is -2.55. The van der Waals surface area contributed by atoms with Crippen molar-refractivity contribution in [3.8, 4) is 0 Å². The highest BCUT2D eigenvalue weighted by atomic mass is 32.2. The van der Waals surface area contributed by atoms with Crippen LogP contribution < -0.4 is 10.0 Å². The number of hydrogen-bond acceptors (Lipinski definition) is 3. The Morgan fingerprint density at radius 1 is 1.04 bits per heavy atom. The van der Waals surface area contributed by atoms with Crippen LogP contribution in [0.15, 0.2) is 47.4 Å². The number of carbonyl (C=O) groups excluding carboxylic acids is 1. The lowest BCUT2D eigenvalue weighted by atomic mass is 10.0. The summed E-state index contributed by atoms with van der Waals surface area (Å²) >= 11 is 0. The number of nitrogens with one attached hydrogen (secondary N) is 2. The van der Waals surface area contributed by atoms with Gasteiger partial charge in [-0.1, -0.05) is 19.9 Å². The van der Waals surface area contributed by atoms with Gasteiger partial charge in [0.1, 0.15) is 0 Å². The lowest BCUT2D eigenvalue weighted by Crippen LogP contribution is -2.17. The maximum Gasteiger partial charge on any atom is 0.416 e. The van der Waals surface area contributed by atoms with Gasteiger partial charge < -0.3 is 5.32 Å². The molecule has 0 unspecified atom stereocenters. The summed E-state index contributed by atoms with van der Waals surface area (Å²) in [5.74, 6) is -0.505. The summed E-state index contributed by atoms with van der Waals surface area (Å²) in [6.07, 6.45) is -4.58. The van der Waals surface area contributed by atoms with Crippen LogP contribution in [0.25, 0.3) is 0 Å². The highest BCUT2D eigenvalue weighted by Crippen LogP contribution is 2.32. The van der Waals surface area contributed by atoms with Crippen molar-refractivity contribution in [3.63, 3.8) is 0 Å². The van der Waals surface area contributed by atoms with Crippen molar-refractivity contribution in [1.29, 1.82) is 0 Å². The topological polar surface area (TPSA) is 75.3 Å². The minimum absolute atomic E-state index is 0.0657. The van der Waals surface area contributed by atoms with Gasteiger partial charge in [0, 0.05) is 18.3 Å². The van der Waals surface area contributed by atoms with Crippen LogP contribution >= 0.6 is 0 Å². The number of halogens is 3. The van der Waals surface area contributed by atoms with Crippen LogP contribution in [0.1, 0.15) is 37.8 Å². The maximum absolute atomic E-state index is 12.8. The van der Waals surface area contributed by atoms with Gasteiger partial charge in [0.05, 0.1) is 10.5 Å². The van der Waals surface area contributed by atoms with Crippen molar-refractivity contribution in [2.24, 2.45) is 0 Å². The fraction of sp³-hybridized carbons (Fsp3) is 0.278. The first-order valence-corrected chi connectivity index (χ1v) is 9.50. The van der Waals surface area contributed by atoms with Crippen LogP contribution in [-0.2, 0) is 21.0 Å². The van der Waals surface area contributed by atoms with Gasteiger partial charge in [-0.2, -0.15) is 13.2 Å². The molecule has 0 saturated heterocycles. The van der Waals surface area contributed by atoms with E-state index in [1.807, 2.05) is 0 Å². The highest BCUT2D eigenvalue weighted by molar-refractivity contribution is 7.92. The lowest BCUT2D eigenvalue weighted by Gasteiger charge is -2.17. The molecule has 0 aliphatic heterocycles. The van der Waals surface area contributed by atoms with E-state index in [-0.39, 0.29) is 22.4 Å². The molecule has 2 aromatic carbocycles. The Morgan fingerprint density at radius 2 is 1.70 bits per heavy atom. The SMILES string of the molecule is CC(=O)Nc1ccc(S(=O)(=O)Nc2cccc(C(F)(F)F)c2)c(C(C)C)c1. The van der Waals surface area contributed by atoms with Crippen molar-refractivity contribution >= 4 is 27.3 Å². The summed E-state index contributed by atoms with van der Waals surface area (Å²) < 4.78 is 66.2. The Morgan fingerprint density at radius 3 is 2.26 bits per heavy atom. The molecule has 0 fully saturated rings. The van der Waals surface area contributed by atoms with Gasteiger partial charge in [-0.25, -0.2) is 8.42 Å². The molecule has 0 saturated carbocycles. The molecule has 5 nitrogen and oxygen atoms in total. The van der Waals surface area contributed by atoms with Gasteiger partial charge >= 0.3 is 6.18 Å². The third-order valence-corrected chi connectivity index (χ3v) is 5.14. The first-order chi connectivity index (χ1) is 12.4. The van der Waals surface area contributed by atoms with Gasteiger partial charge in [0.2, 0.25) is 5.91 Å². The molecule has 0 radical (unpaired) electrons. The van der Waals surface area contributed by atoms with Crippen molar-refractivity contribution in [1.82, 2.24) is 0 Å². The zero-order chi connectivity index (χ0) is 20.4. The summed E-state index contributed by atoms with van der Waals surface area (Å²) in [5, 5.41) is 2.57. The Labute approximate surface area is 155 Å². The van der Waals surface area contributed by atoms with Crippen LogP contribution in [0.3, 0.4) is 0 Å². The molecule has 1 amide bonds. The standard InChI is InChI=1S/C18H19F3N2O3S/c1-11(2)16-10-14(22-12(3)24)7-8-17(16)27(25,26)23-15-6-4-5-13(9-15)18(19,20)21/h4-11,23H,1-3H3,(H,22,24). The molecule has 2 aromatic rings. The molecular formula is C18H19F3N2O3S. The quantitative estimate of drug-likeness (QED) is 0.771. The summed E-state index contributed by atoms with van der Waals surface area (Å²) in [5.41, 5.74) is -0.275. The molecule has 0 aromatic heterocycles. The van der Waals surface area contributed by atoms with E-state index < -0.39 is 21.8 Å². The average molecular weight is 400 g/mol. The molecule has 146 valence electrons. The highest BCUT2D eigenvalue weighted by Gasteiger charge is 2.31. The van der Waals surface area contributed by atoms with Crippen molar-refractivity contribution in [3.05, 3.63) is 53.6 Å². The Balaban J connectivity index is 2.43. The van der Waals surface area contributed by atoms with E-state index in [0.29, 0.717) is 11.3 Å². The zero-order valence-electron chi connectivity index (χ0n) is 14.9. The van der Waals surface area contributed by atoms with Crippen LogP contribution in [0.4, 0.5) is 24.5 Å². The fourth-order valence-corrected chi connectivity index (χ4v) is 3.89. The normalized spacial score (nSPS) is 12.1. The number of benzene rings is 2.